The first-order valence-corrected chi connectivity index (χ1v) is 7.27. The molecule has 4 nitrogen and oxygen atoms in total. The zero-order valence-electron chi connectivity index (χ0n) is 12.1. The number of aliphatic hydroxyl groups excluding tert-OH is 1. The van der Waals surface area contributed by atoms with Crippen LogP contribution in [-0.2, 0) is 0 Å². The van der Waals surface area contributed by atoms with E-state index in [0.717, 1.165) is 31.7 Å². The highest BCUT2D eigenvalue weighted by Gasteiger charge is 2.25. The molecule has 0 radical (unpaired) electrons. The Bertz CT molecular complexity index is 443. The predicted octanol–water partition coefficient (Wildman–Crippen LogP) is 1.64. The summed E-state index contributed by atoms with van der Waals surface area (Å²) in [6, 6.07) is 12.4. The van der Waals surface area contributed by atoms with E-state index < -0.39 is 6.10 Å². The second kappa shape index (κ2) is 7.39. The van der Waals surface area contributed by atoms with Gasteiger partial charge < -0.3 is 5.11 Å². The highest BCUT2D eigenvalue weighted by atomic mass is 16.3. The molecule has 20 heavy (non-hydrogen) atoms. The van der Waals surface area contributed by atoms with Crippen LogP contribution in [0.4, 0.5) is 0 Å². The van der Waals surface area contributed by atoms with Gasteiger partial charge >= 0.3 is 0 Å². The van der Waals surface area contributed by atoms with Gasteiger partial charge in [-0.3, -0.25) is 9.80 Å². The van der Waals surface area contributed by atoms with Gasteiger partial charge in [-0.25, -0.2) is 0 Å². The summed E-state index contributed by atoms with van der Waals surface area (Å²) in [7, 11) is 0. The third-order valence-electron chi connectivity index (χ3n) is 3.98. The molecular formula is C16H23N3O. The Balaban J connectivity index is 1.84. The minimum Gasteiger partial charge on any atom is -0.387 e. The molecular weight excluding hydrogens is 250 g/mol. The second-order valence-corrected chi connectivity index (χ2v) is 5.48. The molecule has 108 valence electrons. The van der Waals surface area contributed by atoms with Gasteiger partial charge in [-0.15, -0.1) is 0 Å². The lowest BCUT2D eigenvalue weighted by Crippen LogP contribution is -2.52. The van der Waals surface area contributed by atoms with Crippen LogP contribution in [0, 0.1) is 11.3 Å². The van der Waals surface area contributed by atoms with Crippen molar-refractivity contribution in [3.05, 3.63) is 35.9 Å². The van der Waals surface area contributed by atoms with Crippen molar-refractivity contribution in [2.45, 2.75) is 25.5 Å². The molecule has 0 bridgehead atoms. The molecule has 1 fully saturated rings. The topological polar surface area (TPSA) is 50.5 Å². The van der Waals surface area contributed by atoms with Crippen LogP contribution in [-0.4, -0.2) is 53.7 Å². The lowest BCUT2D eigenvalue weighted by Gasteiger charge is -2.40. The van der Waals surface area contributed by atoms with Gasteiger partial charge in [0.15, 0.2) is 0 Å². The molecule has 1 aliphatic heterocycles. The van der Waals surface area contributed by atoms with Gasteiger partial charge in [-0.2, -0.15) is 5.26 Å². The number of hydrogen-bond acceptors (Lipinski definition) is 4. The van der Waals surface area contributed by atoms with Crippen LogP contribution in [0.3, 0.4) is 0 Å². The third kappa shape index (κ3) is 4.04. The molecule has 4 heteroatoms. The first kappa shape index (κ1) is 15.0. The highest BCUT2D eigenvalue weighted by Crippen LogP contribution is 2.17. The summed E-state index contributed by atoms with van der Waals surface area (Å²) in [5.41, 5.74) is 0.978. The van der Waals surface area contributed by atoms with Crippen LogP contribution in [0.1, 0.15) is 25.0 Å². The third-order valence-corrected chi connectivity index (χ3v) is 3.98. The number of aliphatic hydroxyl groups is 1. The minimum absolute atomic E-state index is 0.417. The van der Waals surface area contributed by atoms with E-state index >= 15 is 0 Å². The molecule has 0 aliphatic carbocycles. The van der Waals surface area contributed by atoms with E-state index in [-0.39, 0.29) is 0 Å². The van der Waals surface area contributed by atoms with Crippen LogP contribution in [0.5, 0.6) is 0 Å². The van der Waals surface area contributed by atoms with Gasteiger partial charge in [0.25, 0.3) is 0 Å². The van der Waals surface area contributed by atoms with Gasteiger partial charge in [0.1, 0.15) is 0 Å². The fraction of sp³-hybridized carbons (Fsp3) is 0.562. The Labute approximate surface area is 121 Å². The average molecular weight is 273 g/mol. The SMILES string of the molecule is CC1CN(CCC#N)CCN1CC(O)c1ccccc1. The van der Waals surface area contributed by atoms with Crippen molar-refractivity contribution < 1.29 is 5.11 Å². The molecule has 1 aromatic rings. The van der Waals surface area contributed by atoms with E-state index in [1.807, 2.05) is 30.3 Å². The largest absolute Gasteiger partial charge is 0.387 e. The van der Waals surface area contributed by atoms with Gasteiger partial charge in [0.2, 0.25) is 0 Å². The number of hydrogen-bond donors (Lipinski definition) is 1. The van der Waals surface area contributed by atoms with Crippen molar-refractivity contribution >= 4 is 0 Å². The van der Waals surface area contributed by atoms with Crippen molar-refractivity contribution in [2.24, 2.45) is 0 Å². The Hall–Kier alpha value is -1.41. The number of rotatable bonds is 5. The van der Waals surface area contributed by atoms with Crippen LogP contribution in [0.25, 0.3) is 0 Å². The molecule has 1 aliphatic rings. The zero-order chi connectivity index (χ0) is 14.4. The van der Waals surface area contributed by atoms with Crippen molar-refractivity contribution in [2.75, 3.05) is 32.7 Å². The molecule has 0 amide bonds. The van der Waals surface area contributed by atoms with Crippen LogP contribution >= 0.6 is 0 Å². The maximum atomic E-state index is 10.3. The summed E-state index contributed by atoms with van der Waals surface area (Å²) >= 11 is 0. The summed E-state index contributed by atoms with van der Waals surface area (Å²) in [4.78, 5) is 4.67. The quantitative estimate of drug-likeness (QED) is 0.886. The van der Waals surface area contributed by atoms with Crippen molar-refractivity contribution in [3.8, 4) is 6.07 Å². The molecule has 1 N–H and O–H groups in total. The normalized spacial score (nSPS) is 22.4. The van der Waals surface area contributed by atoms with E-state index in [4.69, 9.17) is 5.26 Å². The zero-order valence-corrected chi connectivity index (χ0v) is 12.1. The monoisotopic (exact) mass is 273 g/mol. The molecule has 2 unspecified atom stereocenters. The van der Waals surface area contributed by atoms with Gasteiger partial charge in [0.05, 0.1) is 12.2 Å². The summed E-state index contributed by atoms with van der Waals surface area (Å²) < 4.78 is 0. The number of benzene rings is 1. The second-order valence-electron chi connectivity index (χ2n) is 5.48. The molecule has 2 atom stereocenters. The summed E-state index contributed by atoms with van der Waals surface area (Å²) in [6.07, 6.45) is 0.170. The Morgan fingerprint density at radius 3 is 2.75 bits per heavy atom. The average Bonchev–Trinajstić information content (AvgIpc) is 2.48. The summed E-state index contributed by atoms with van der Waals surface area (Å²) in [6.45, 7) is 6.64. The smallest absolute Gasteiger partial charge is 0.0917 e. The van der Waals surface area contributed by atoms with Crippen LogP contribution in [0.2, 0.25) is 0 Å². The van der Waals surface area contributed by atoms with E-state index in [0.29, 0.717) is 19.0 Å². The summed E-state index contributed by atoms with van der Waals surface area (Å²) in [5.74, 6) is 0. The van der Waals surface area contributed by atoms with Gasteiger partial charge in [-0.05, 0) is 12.5 Å². The Morgan fingerprint density at radius 2 is 2.10 bits per heavy atom. The van der Waals surface area contributed by atoms with Crippen molar-refractivity contribution in [1.82, 2.24) is 9.80 Å². The number of nitrogens with zero attached hydrogens (tertiary/aromatic N) is 3. The Kier molecular flexibility index (Phi) is 5.54. The van der Waals surface area contributed by atoms with E-state index in [1.165, 1.54) is 0 Å². The number of nitriles is 1. The lowest BCUT2D eigenvalue weighted by atomic mass is 10.1. The first-order chi connectivity index (χ1) is 9.70. The molecule has 0 aromatic heterocycles. The number of piperazine rings is 1. The predicted molar refractivity (Wildman–Crippen MR) is 79.1 cm³/mol. The van der Waals surface area contributed by atoms with Crippen molar-refractivity contribution in [1.29, 1.82) is 5.26 Å². The van der Waals surface area contributed by atoms with E-state index in [1.54, 1.807) is 0 Å². The molecule has 2 rings (SSSR count). The first-order valence-electron chi connectivity index (χ1n) is 7.27. The van der Waals surface area contributed by atoms with Crippen LogP contribution in [0.15, 0.2) is 30.3 Å². The fourth-order valence-electron chi connectivity index (χ4n) is 2.76. The van der Waals surface area contributed by atoms with Gasteiger partial charge in [0, 0.05) is 45.2 Å². The molecule has 0 spiro atoms. The van der Waals surface area contributed by atoms with Crippen LogP contribution < -0.4 is 0 Å². The molecule has 1 aromatic carbocycles. The highest BCUT2D eigenvalue weighted by molar-refractivity contribution is 5.17. The minimum atomic E-state index is -0.427. The van der Waals surface area contributed by atoms with E-state index in [2.05, 4.69) is 22.8 Å². The maximum Gasteiger partial charge on any atom is 0.0917 e. The van der Waals surface area contributed by atoms with E-state index in [9.17, 15) is 5.11 Å². The lowest BCUT2D eigenvalue weighted by molar-refractivity contribution is 0.0396. The standard InChI is InChI=1S/C16H23N3O/c1-14-12-18(9-5-8-17)10-11-19(14)13-16(20)15-6-3-2-4-7-15/h2-4,6-7,14,16,20H,5,9-13H2,1H3. The summed E-state index contributed by atoms with van der Waals surface area (Å²) in [5, 5.41) is 18.9. The van der Waals surface area contributed by atoms with Gasteiger partial charge in [-0.1, -0.05) is 30.3 Å². The fourth-order valence-corrected chi connectivity index (χ4v) is 2.76. The maximum absolute atomic E-state index is 10.3. The van der Waals surface area contributed by atoms with Crippen molar-refractivity contribution in [3.63, 3.8) is 0 Å². The Morgan fingerprint density at radius 1 is 1.35 bits per heavy atom. The molecule has 1 heterocycles. The molecule has 0 saturated carbocycles. The number of β-amino-alcohol motifs (C(OH)–C–C–N with tert-alkyl or cyclic N) is 1. The molecule has 1 saturated heterocycles.